The molecule has 0 aliphatic heterocycles. The van der Waals surface area contributed by atoms with Gasteiger partial charge in [-0.05, 0) is 31.9 Å². The fraction of sp³-hybridized carbons (Fsp3) is 0.500. The molecule has 114 valence electrons. The highest BCUT2D eigenvalue weighted by Crippen LogP contribution is 2.27. The number of hydrogen-bond acceptors (Lipinski definition) is 3. The zero-order valence-electron chi connectivity index (χ0n) is 11.6. The van der Waals surface area contributed by atoms with Crippen LogP contribution in [0.25, 0.3) is 0 Å². The summed E-state index contributed by atoms with van der Waals surface area (Å²) in [5.74, 6) is 1.40. The molecule has 2 heterocycles. The third-order valence-electron chi connectivity index (χ3n) is 3.48. The average Bonchev–Trinajstić information content (AvgIpc) is 2.98. The van der Waals surface area contributed by atoms with Gasteiger partial charge < -0.3 is 9.73 Å². The molecule has 0 aromatic carbocycles. The highest BCUT2D eigenvalue weighted by Gasteiger charge is 2.33. The van der Waals surface area contributed by atoms with Crippen molar-refractivity contribution >= 4 is 0 Å². The minimum Gasteiger partial charge on any atom is -0.464 e. The van der Waals surface area contributed by atoms with Gasteiger partial charge in [-0.15, -0.1) is 0 Å². The van der Waals surface area contributed by atoms with E-state index < -0.39 is 11.9 Å². The number of aryl methyl sites for hydroxylation is 1. The van der Waals surface area contributed by atoms with Crippen molar-refractivity contribution in [2.75, 3.05) is 0 Å². The summed E-state index contributed by atoms with van der Waals surface area (Å²) in [5.41, 5.74) is 0.154. The Kier molecular flexibility index (Phi) is 3.52. The Balaban J connectivity index is 1.66. The summed E-state index contributed by atoms with van der Waals surface area (Å²) in [6.45, 7) is 2.78. The largest absolute Gasteiger partial charge is 0.464 e. The average molecular weight is 299 g/mol. The van der Waals surface area contributed by atoms with E-state index in [1.165, 1.54) is 23.7 Å². The van der Waals surface area contributed by atoms with Crippen molar-refractivity contribution < 1.29 is 17.6 Å². The van der Waals surface area contributed by atoms with Crippen molar-refractivity contribution in [3.63, 3.8) is 0 Å². The van der Waals surface area contributed by atoms with Crippen LogP contribution in [0.1, 0.15) is 35.6 Å². The first-order valence-corrected chi connectivity index (χ1v) is 6.84. The van der Waals surface area contributed by atoms with Crippen molar-refractivity contribution in [1.29, 1.82) is 0 Å². The number of furan rings is 1. The first-order valence-electron chi connectivity index (χ1n) is 6.84. The van der Waals surface area contributed by atoms with Crippen LogP contribution in [0.3, 0.4) is 0 Å². The fourth-order valence-electron chi connectivity index (χ4n) is 2.14. The van der Waals surface area contributed by atoms with Gasteiger partial charge in [0.1, 0.15) is 11.5 Å². The molecule has 0 amide bonds. The van der Waals surface area contributed by atoms with Crippen LogP contribution >= 0.6 is 0 Å². The molecule has 0 spiro atoms. The minimum absolute atomic E-state index is 0.195. The van der Waals surface area contributed by atoms with E-state index in [9.17, 15) is 13.2 Å². The van der Waals surface area contributed by atoms with Crippen LogP contribution in [-0.4, -0.2) is 15.8 Å². The van der Waals surface area contributed by atoms with E-state index in [2.05, 4.69) is 10.4 Å². The topological polar surface area (TPSA) is 43.0 Å². The Morgan fingerprint density at radius 3 is 2.81 bits per heavy atom. The molecule has 3 rings (SSSR count). The summed E-state index contributed by atoms with van der Waals surface area (Å²) < 4.78 is 44.3. The van der Waals surface area contributed by atoms with E-state index >= 15 is 0 Å². The van der Waals surface area contributed by atoms with Crippen LogP contribution < -0.4 is 5.32 Å². The summed E-state index contributed by atoms with van der Waals surface area (Å²) in [5, 5.41) is 6.90. The van der Waals surface area contributed by atoms with E-state index in [1.54, 1.807) is 0 Å². The highest BCUT2D eigenvalue weighted by atomic mass is 19.4. The summed E-state index contributed by atoms with van der Waals surface area (Å²) in [6, 6.07) is 3.44. The number of nitrogens with one attached hydrogen (secondary N) is 1. The summed E-state index contributed by atoms with van der Waals surface area (Å²) in [7, 11) is 0. The zero-order chi connectivity index (χ0) is 15.0. The summed E-state index contributed by atoms with van der Waals surface area (Å²) in [6.07, 6.45) is -0.693. The molecule has 2 aromatic heterocycles. The van der Waals surface area contributed by atoms with Gasteiger partial charge in [-0.1, -0.05) is 0 Å². The smallest absolute Gasteiger partial charge is 0.435 e. The van der Waals surface area contributed by atoms with Gasteiger partial charge in [-0.25, -0.2) is 0 Å². The Hall–Kier alpha value is -1.76. The molecule has 0 unspecified atom stereocenters. The lowest BCUT2D eigenvalue weighted by atomic mass is 10.2. The highest BCUT2D eigenvalue weighted by molar-refractivity contribution is 5.21. The molecule has 2 aromatic rings. The maximum Gasteiger partial charge on any atom is 0.435 e. The molecule has 7 heteroatoms. The zero-order valence-corrected chi connectivity index (χ0v) is 11.6. The van der Waals surface area contributed by atoms with Gasteiger partial charge in [-0.3, -0.25) is 4.68 Å². The Bertz CT molecular complexity index is 626. The van der Waals surface area contributed by atoms with Gasteiger partial charge in [0.05, 0.1) is 6.54 Å². The molecule has 0 bridgehead atoms. The molecule has 1 aliphatic carbocycles. The number of halogens is 3. The van der Waals surface area contributed by atoms with Gasteiger partial charge in [-0.2, -0.15) is 18.3 Å². The molecule has 1 N–H and O–H groups in total. The first kappa shape index (κ1) is 14.2. The standard InChI is InChI=1S/C14H16F3N3O/c1-9-10(7-18-11-2-3-11)6-12(21-9)8-20-5-4-13(19-20)14(15,16)17/h4-6,11,18H,2-3,7-8H2,1H3. The van der Waals surface area contributed by atoms with Gasteiger partial charge >= 0.3 is 6.18 Å². The van der Waals surface area contributed by atoms with Crippen LogP contribution in [0.5, 0.6) is 0 Å². The van der Waals surface area contributed by atoms with E-state index in [4.69, 9.17) is 4.42 Å². The molecule has 0 saturated heterocycles. The van der Waals surface area contributed by atoms with Crippen LogP contribution in [-0.2, 0) is 19.3 Å². The molecule has 21 heavy (non-hydrogen) atoms. The second-order valence-electron chi connectivity index (χ2n) is 5.35. The van der Waals surface area contributed by atoms with E-state index in [1.807, 2.05) is 13.0 Å². The number of aromatic nitrogens is 2. The lowest BCUT2D eigenvalue weighted by Gasteiger charge is -2.01. The molecule has 1 saturated carbocycles. The van der Waals surface area contributed by atoms with Crippen molar-refractivity contribution in [2.45, 2.75) is 45.1 Å². The number of hydrogen-bond donors (Lipinski definition) is 1. The van der Waals surface area contributed by atoms with Crippen LogP contribution in [0, 0.1) is 6.92 Å². The molecule has 4 nitrogen and oxygen atoms in total. The molecule has 1 fully saturated rings. The van der Waals surface area contributed by atoms with Crippen molar-refractivity contribution in [2.24, 2.45) is 0 Å². The van der Waals surface area contributed by atoms with E-state index in [-0.39, 0.29) is 6.54 Å². The maximum atomic E-state index is 12.5. The monoisotopic (exact) mass is 299 g/mol. The molecule has 1 aliphatic rings. The van der Waals surface area contributed by atoms with Crippen molar-refractivity contribution in [3.05, 3.63) is 41.1 Å². The van der Waals surface area contributed by atoms with Gasteiger partial charge in [0.15, 0.2) is 5.69 Å². The third-order valence-corrected chi connectivity index (χ3v) is 3.48. The number of rotatable bonds is 5. The quantitative estimate of drug-likeness (QED) is 0.922. The predicted molar refractivity (Wildman–Crippen MR) is 69.6 cm³/mol. The van der Waals surface area contributed by atoms with Crippen LogP contribution in [0.2, 0.25) is 0 Å². The Morgan fingerprint density at radius 2 is 2.19 bits per heavy atom. The fourth-order valence-corrected chi connectivity index (χ4v) is 2.14. The van der Waals surface area contributed by atoms with Gasteiger partial charge in [0.2, 0.25) is 0 Å². The number of alkyl halides is 3. The second-order valence-corrected chi connectivity index (χ2v) is 5.35. The van der Waals surface area contributed by atoms with Gasteiger partial charge in [0.25, 0.3) is 0 Å². The molecule has 0 atom stereocenters. The summed E-state index contributed by atoms with van der Waals surface area (Å²) in [4.78, 5) is 0. The summed E-state index contributed by atoms with van der Waals surface area (Å²) >= 11 is 0. The predicted octanol–water partition coefficient (Wildman–Crippen LogP) is 3.10. The Morgan fingerprint density at radius 1 is 1.43 bits per heavy atom. The van der Waals surface area contributed by atoms with Crippen molar-refractivity contribution in [1.82, 2.24) is 15.1 Å². The first-order chi connectivity index (χ1) is 9.91. The van der Waals surface area contributed by atoms with E-state index in [0.29, 0.717) is 11.8 Å². The SMILES string of the molecule is Cc1oc(Cn2ccc(C(F)(F)F)n2)cc1CNC1CC1. The lowest BCUT2D eigenvalue weighted by Crippen LogP contribution is -2.15. The lowest BCUT2D eigenvalue weighted by molar-refractivity contribution is -0.141. The second kappa shape index (κ2) is 5.22. The van der Waals surface area contributed by atoms with Crippen LogP contribution in [0.15, 0.2) is 22.7 Å². The molecule has 0 radical (unpaired) electrons. The molecular weight excluding hydrogens is 283 g/mol. The normalized spacial score (nSPS) is 15.6. The third kappa shape index (κ3) is 3.47. The van der Waals surface area contributed by atoms with Crippen LogP contribution in [0.4, 0.5) is 13.2 Å². The molecular formula is C14H16F3N3O. The number of nitrogens with zero attached hydrogens (tertiary/aromatic N) is 2. The minimum atomic E-state index is -4.41. The van der Waals surface area contributed by atoms with Gasteiger partial charge in [0, 0.05) is 24.3 Å². The van der Waals surface area contributed by atoms with E-state index in [0.717, 1.165) is 23.9 Å². The Labute approximate surface area is 119 Å². The van der Waals surface area contributed by atoms with Crippen molar-refractivity contribution in [3.8, 4) is 0 Å². The maximum absolute atomic E-state index is 12.5.